The molecule has 1 atom stereocenters. The molecule has 1 aliphatic carbocycles. The van der Waals surface area contributed by atoms with Gasteiger partial charge in [0.2, 0.25) is 5.79 Å². The standard InChI is InChI=1S/C16H21N3O5S/c1-3-19(4-2)13-11-16(20,21)15(10-14(13)25(22,23)24)18-17-12-8-6-5-7-9-12/h5-11,15,20-21H,3-4H2,1-2H3,(H,22,23,24)/t15-/m1/s1. The fourth-order valence-corrected chi connectivity index (χ4v) is 3.23. The number of hydrogen-bond acceptors (Lipinski definition) is 7. The van der Waals surface area contributed by atoms with Crippen LogP contribution in [-0.4, -0.2) is 53.0 Å². The first-order chi connectivity index (χ1) is 11.7. The van der Waals surface area contributed by atoms with Gasteiger partial charge in [0.1, 0.15) is 10.9 Å². The molecule has 1 aromatic rings. The molecule has 0 amide bonds. The molecule has 0 saturated carbocycles. The quantitative estimate of drug-likeness (QED) is 0.400. The lowest BCUT2D eigenvalue weighted by Gasteiger charge is -2.33. The van der Waals surface area contributed by atoms with Gasteiger partial charge in [-0.2, -0.15) is 18.6 Å². The van der Waals surface area contributed by atoms with Crippen LogP contribution in [0.2, 0.25) is 0 Å². The molecule has 2 rings (SSSR count). The Labute approximate surface area is 146 Å². The topological polar surface area (TPSA) is 123 Å². The molecule has 0 fully saturated rings. The SMILES string of the molecule is CCN(CC)C1=CC(O)(O)[C@H](N=Nc2ccccc2)C=C1S(=O)(=O)O. The average Bonchev–Trinajstić information content (AvgIpc) is 2.54. The Kier molecular flexibility index (Phi) is 5.73. The first kappa shape index (κ1) is 19.3. The van der Waals surface area contributed by atoms with E-state index in [4.69, 9.17) is 0 Å². The van der Waals surface area contributed by atoms with Crippen molar-refractivity contribution in [2.24, 2.45) is 10.2 Å². The number of nitrogens with zero attached hydrogens (tertiary/aromatic N) is 3. The Morgan fingerprint density at radius 3 is 2.28 bits per heavy atom. The van der Waals surface area contributed by atoms with Crippen LogP contribution in [0.3, 0.4) is 0 Å². The van der Waals surface area contributed by atoms with Crippen LogP contribution in [0.5, 0.6) is 0 Å². The highest BCUT2D eigenvalue weighted by Crippen LogP contribution is 2.32. The minimum atomic E-state index is -4.58. The molecule has 0 aromatic heterocycles. The maximum absolute atomic E-state index is 11.7. The van der Waals surface area contributed by atoms with Crippen LogP contribution in [0.1, 0.15) is 13.8 Å². The zero-order valence-corrected chi connectivity index (χ0v) is 14.8. The summed E-state index contributed by atoms with van der Waals surface area (Å²) in [6.07, 6.45) is 1.97. The van der Waals surface area contributed by atoms with Gasteiger partial charge in [-0.3, -0.25) is 4.55 Å². The van der Waals surface area contributed by atoms with Gasteiger partial charge in [-0.25, -0.2) is 0 Å². The van der Waals surface area contributed by atoms with E-state index in [1.165, 1.54) is 0 Å². The fraction of sp³-hybridized carbons (Fsp3) is 0.375. The fourth-order valence-electron chi connectivity index (χ4n) is 2.48. The Morgan fingerprint density at radius 2 is 1.76 bits per heavy atom. The van der Waals surface area contributed by atoms with Crippen LogP contribution in [0, 0.1) is 0 Å². The first-order valence-electron chi connectivity index (χ1n) is 7.77. The van der Waals surface area contributed by atoms with Gasteiger partial charge in [0.05, 0.1) is 11.4 Å². The van der Waals surface area contributed by atoms with E-state index in [1.807, 2.05) is 0 Å². The van der Waals surface area contributed by atoms with Crippen LogP contribution in [-0.2, 0) is 10.1 Å². The Bertz CT molecular complexity index is 796. The van der Waals surface area contributed by atoms with Gasteiger partial charge in [-0.15, -0.1) is 0 Å². The number of aliphatic hydroxyl groups is 2. The molecule has 0 unspecified atom stereocenters. The van der Waals surface area contributed by atoms with Gasteiger partial charge in [-0.05, 0) is 32.1 Å². The lowest BCUT2D eigenvalue weighted by atomic mass is 10.00. The van der Waals surface area contributed by atoms with Crippen LogP contribution < -0.4 is 0 Å². The number of hydrogen-bond donors (Lipinski definition) is 3. The zero-order chi connectivity index (χ0) is 18.7. The molecule has 0 heterocycles. The molecule has 0 spiro atoms. The van der Waals surface area contributed by atoms with E-state index in [9.17, 15) is 23.2 Å². The molecule has 1 aliphatic rings. The summed E-state index contributed by atoms with van der Waals surface area (Å²) < 4.78 is 33.0. The maximum Gasteiger partial charge on any atom is 0.296 e. The molecular weight excluding hydrogens is 346 g/mol. The van der Waals surface area contributed by atoms with E-state index >= 15 is 0 Å². The van der Waals surface area contributed by atoms with Gasteiger partial charge in [0.25, 0.3) is 10.1 Å². The van der Waals surface area contributed by atoms with Crippen molar-refractivity contribution in [2.75, 3.05) is 13.1 Å². The second-order valence-corrected chi connectivity index (χ2v) is 6.88. The Morgan fingerprint density at radius 1 is 1.16 bits per heavy atom. The monoisotopic (exact) mass is 367 g/mol. The smallest absolute Gasteiger partial charge is 0.296 e. The minimum absolute atomic E-state index is 0.0173. The van der Waals surface area contributed by atoms with Crippen molar-refractivity contribution in [3.8, 4) is 0 Å². The Hall–Kier alpha value is -2.07. The van der Waals surface area contributed by atoms with Crippen LogP contribution in [0.15, 0.2) is 63.3 Å². The first-order valence-corrected chi connectivity index (χ1v) is 9.21. The van der Waals surface area contributed by atoms with Crippen molar-refractivity contribution in [3.63, 3.8) is 0 Å². The molecule has 0 saturated heterocycles. The summed E-state index contributed by atoms with van der Waals surface area (Å²) in [6, 6.07) is 7.19. The molecule has 1 aromatic carbocycles. The van der Waals surface area contributed by atoms with Gasteiger partial charge in [0.15, 0.2) is 0 Å². The molecule has 0 radical (unpaired) electrons. The second-order valence-electron chi connectivity index (χ2n) is 5.49. The van der Waals surface area contributed by atoms with E-state index in [-0.39, 0.29) is 5.70 Å². The van der Waals surface area contributed by atoms with Crippen LogP contribution in [0.25, 0.3) is 0 Å². The molecular formula is C16H21N3O5S. The highest BCUT2D eigenvalue weighted by atomic mass is 32.2. The molecule has 0 bridgehead atoms. The molecule has 8 nitrogen and oxygen atoms in total. The van der Waals surface area contributed by atoms with Gasteiger partial charge < -0.3 is 15.1 Å². The normalized spacial score (nSPS) is 20.3. The van der Waals surface area contributed by atoms with Crippen molar-refractivity contribution in [3.05, 3.63) is 53.1 Å². The van der Waals surface area contributed by atoms with Crippen molar-refractivity contribution < 1.29 is 23.2 Å². The predicted octanol–water partition coefficient (Wildman–Crippen LogP) is 1.83. The highest BCUT2D eigenvalue weighted by Gasteiger charge is 2.40. The molecule has 25 heavy (non-hydrogen) atoms. The number of likely N-dealkylation sites (N-methyl/N-ethyl adjacent to an activating group) is 1. The van der Waals surface area contributed by atoms with Crippen molar-refractivity contribution in [2.45, 2.75) is 25.7 Å². The van der Waals surface area contributed by atoms with Crippen molar-refractivity contribution in [1.29, 1.82) is 0 Å². The third-order valence-corrected chi connectivity index (χ3v) is 4.68. The summed E-state index contributed by atoms with van der Waals surface area (Å²) in [5.74, 6) is -2.44. The summed E-state index contributed by atoms with van der Waals surface area (Å²) in [6.45, 7) is 4.40. The van der Waals surface area contributed by atoms with E-state index < -0.39 is 26.9 Å². The van der Waals surface area contributed by atoms with Crippen molar-refractivity contribution in [1.82, 2.24) is 4.90 Å². The third-order valence-electron chi connectivity index (χ3n) is 3.78. The maximum atomic E-state index is 11.7. The van der Waals surface area contributed by atoms with Gasteiger partial charge >= 0.3 is 0 Å². The number of rotatable bonds is 6. The van der Waals surface area contributed by atoms with Gasteiger partial charge in [-0.1, -0.05) is 18.2 Å². The minimum Gasteiger partial charge on any atom is -0.371 e. The van der Waals surface area contributed by atoms with Crippen molar-refractivity contribution >= 4 is 15.8 Å². The third kappa shape index (κ3) is 4.51. The largest absolute Gasteiger partial charge is 0.371 e. The lowest BCUT2D eigenvalue weighted by Crippen LogP contribution is -2.43. The lowest BCUT2D eigenvalue weighted by molar-refractivity contribution is -0.128. The summed E-state index contributed by atoms with van der Waals surface area (Å²) in [5.41, 5.74) is 0.488. The summed E-state index contributed by atoms with van der Waals surface area (Å²) in [4.78, 5) is 1.16. The van der Waals surface area contributed by atoms with E-state index in [0.29, 0.717) is 18.8 Å². The number of benzene rings is 1. The second kappa shape index (κ2) is 7.44. The summed E-state index contributed by atoms with van der Waals surface area (Å²) >= 11 is 0. The van der Waals surface area contributed by atoms with E-state index in [2.05, 4.69) is 10.2 Å². The van der Waals surface area contributed by atoms with Gasteiger partial charge in [0, 0.05) is 19.2 Å². The number of azo groups is 1. The summed E-state index contributed by atoms with van der Waals surface area (Å²) in [5, 5.41) is 28.3. The average molecular weight is 367 g/mol. The Balaban J connectivity index is 2.46. The zero-order valence-electron chi connectivity index (χ0n) is 13.9. The molecule has 136 valence electrons. The van der Waals surface area contributed by atoms with Crippen LogP contribution in [0.4, 0.5) is 5.69 Å². The molecule has 0 aliphatic heterocycles. The summed E-state index contributed by atoms with van der Waals surface area (Å²) in [7, 11) is -4.58. The predicted molar refractivity (Wildman–Crippen MR) is 92.6 cm³/mol. The van der Waals surface area contributed by atoms with Crippen LogP contribution >= 0.6 is 0 Å². The van der Waals surface area contributed by atoms with E-state index in [0.717, 1.165) is 12.2 Å². The highest BCUT2D eigenvalue weighted by molar-refractivity contribution is 7.90. The van der Waals surface area contributed by atoms with E-state index in [1.54, 1.807) is 49.1 Å². The molecule has 3 N–H and O–H groups in total. The molecule has 9 heteroatoms.